The summed E-state index contributed by atoms with van der Waals surface area (Å²) in [6.45, 7) is 6.17. The number of hydrogen-bond donors (Lipinski definition) is 2. The number of aliphatic hydroxyl groups is 1. The average molecular weight is 185 g/mol. The Bertz CT molecular complexity index is 169. The normalized spacial score (nSPS) is 27.2. The quantitative estimate of drug-likeness (QED) is 0.691. The molecule has 1 fully saturated rings. The standard InChI is InChI=1S/C11H23NO/c1-9(2)10(3,12)11(13)7-5-4-6-8-11/h9,13H,4-8,12H2,1-3H3. The van der Waals surface area contributed by atoms with Gasteiger partial charge in [0.25, 0.3) is 0 Å². The monoisotopic (exact) mass is 185 g/mol. The van der Waals surface area contributed by atoms with Gasteiger partial charge in [0, 0.05) is 5.54 Å². The summed E-state index contributed by atoms with van der Waals surface area (Å²) >= 11 is 0. The van der Waals surface area contributed by atoms with Crippen LogP contribution in [0.25, 0.3) is 0 Å². The maximum Gasteiger partial charge on any atom is 0.0826 e. The molecule has 0 amide bonds. The van der Waals surface area contributed by atoms with E-state index in [-0.39, 0.29) is 0 Å². The van der Waals surface area contributed by atoms with Gasteiger partial charge in [0.2, 0.25) is 0 Å². The van der Waals surface area contributed by atoms with Gasteiger partial charge in [-0.05, 0) is 25.7 Å². The topological polar surface area (TPSA) is 46.2 Å². The molecule has 2 heteroatoms. The van der Waals surface area contributed by atoms with Gasteiger partial charge in [-0.2, -0.15) is 0 Å². The van der Waals surface area contributed by atoms with Crippen LogP contribution in [0.4, 0.5) is 0 Å². The van der Waals surface area contributed by atoms with Crippen molar-refractivity contribution in [2.24, 2.45) is 11.7 Å². The highest BCUT2D eigenvalue weighted by molar-refractivity contribution is 5.03. The third-order valence-corrected chi connectivity index (χ3v) is 3.88. The lowest BCUT2D eigenvalue weighted by atomic mass is 9.67. The van der Waals surface area contributed by atoms with Crippen LogP contribution >= 0.6 is 0 Å². The summed E-state index contributed by atoms with van der Waals surface area (Å²) in [4.78, 5) is 0. The molecule has 3 N–H and O–H groups in total. The van der Waals surface area contributed by atoms with Crippen LogP contribution in [0.15, 0.2) is 0 Å². The highest BCUT2D eigenvalue weighted by Gasteiger charge is 2.46. The zero-order chi connectivity index (χ0) is 10.1. The molecule has 0 aromatic carbocycles. The Kier molecular flexibility index (Phi) is 3.03. The van der Waals surface area contributed by atoms with E-state index in [1.807, 2.05) is 6.92 Å². The molecule has 0 spiro atoms. The second kappa shape index (κ2) is 3.58. The summed E-state index contributed by atoms with van der Waals surface area (Å²) in [6, 6.07) is 0. The summed E-state index contributed by atoms with van der Waals surface area (Å²) < 4.78 is 0. The molecule has 1 unspecified atom stereocenters. The highest BCUT2D eigenvalue weighted by Crippen LogP contribution is 2.38. The van der Waals surface area contributed by atoms with Crippen molar-refractivity contribution in [1.29, 1.82) is 0 Å². The Morgan fingerprint density at radius 2 is 1.69 bits per heavy atom. The van der Waals surface area contributed by atoms with E-state index in [4.69, 9.17) is 5.73 Å². The van der Waals surface area contributed by atoms with Crippen LogP contribution in [0, 0.1) is 5.92 Å². The molecule has 1 saturated carbocycles. The molecule has 0 aromatic rings. The zero-order valence-electron chi connectivity index (χ0n) is 9.14. The van der Waals surface area contributed by atoms with E-state index >= 15 is 0 Å². The first-order chi connectivity index (χ1) is 5.90. The SMILES string of the molecule is CC(C)C(C)(N)C1(O)CCCCC1. The van der Waals surface area contributed by atoms with Crippen molar-refractivity contribution in [2.45, 2.75) is 64.0 Å². The van der Waals surface area contributed by atoms with E-state index in [0.717, 1.165) is 25.7 Å². The van der Waals surface area contributed by atoms with Gasteiger partial charge < -0.3 is 10.8 Å². The number of nitrogens with two attached hydrogens (primary N) is 1. The molecule has 2 nitrogen and oxygen atoms in total. The fourth-order valence-electron chi connectivity index (χ4n) is 2.21. The number of hydrogen-bond acceptors (Lipinski definition) is 2. The molecule has 1 aliphatic carbocycles. The lowest BCUT2D eigenvalue weighted by Gasteiger charge is -2.47. The molecule has 1 aliphatic rings. The molecule has 1 atom stereocenters. The molecule has 0 aliphatic heterocycles. The van der Waals surface area contributed by atoms with Gasteiger partial charge in [-0.1, -0.05) is 33.1 Å². The molecular weight excluding hydrogens is 162 g/mol. The fraction of sp³-hybridized carbons (Fsp3) is 1.00. The molecule has 13 heavy (non-hydrogen) atoms. The van der Waals surface area contributed by atoms with Gasteiger partial charge in [0.15, 0.2) is 0 Å². The molecule has 0 bridgehead atoms. The molecule has 0 saturated heterocycles. The van der Waals surface area contributed by atoms with Gasteiger partial charge in [0.05, 0.1) is 5.60 Å². The summed E-state index contributed by atoms with van der Waals surface area (Å²) in [6.07, 6.45) is 5.23. The fourth-order valence-corrected chi connectivity index (χ4v) is 2.21. The summed E-state index contributed by atoms with van der Waals surface area (Å²) in [7, 11) is 0. The van der Waals surface area contributed by atoms with Crippen molar-refractivity contribution in [3.63, 3.8) is 0 Å². The average Bonchev–Trinajstić information content (AvgIpc) is 2.05. The van der Waals surface area contributed by atoms with Crippen molar-refractivity contribution < 1.29 is 5.11 Å². The van der Waals surface area contributed by atoms with E-state index in [9.17, 15) is 5.11 Å². The van der Waals surface area contributed by atoms with Gasteiger partial charge in [-0.15, -0.1) is 0 Å². The van der Waals surface area contributed by atoms with Crippen LogP contribution in [-0.4, -0.2) is 16.2 Å². The maximum absolute atomic E-state index is 10.4. The van der Waals surface area contributed by atoms with Crippen molar-refractivity contribution in [3.05, 3.63) is 0 Å². The van der Waals surface area contributed by atoms with E-state index in [1.165, 1.54) is 6.42 Å². The predicted molar refractivity (Wildman–Crippen MR) is 55.5 cm³/mol. The molecule has 78 valence electrons. The van der Waals surface area contributed by atoms with Crippen LogP contribution in [0.1, 0.15) is 52.9 Å². The lowest BCUT2D eigenvalue weighted by molar-refractivity contribution is -0.0745. The van der Waals surface area contributed by atoms with E-state index in [2.05, 4.69) is 13.8 Å². The molecule has 0 heterocycles. The van der Waals surface area contributed by atoms with Crippen LogP contribution in [0.2, 0.25) is 0 Å². The Balaban J connectivity index is 2.76. The zero-order valence-corrected chi connectivity index (χ0v) is 9.14. The maximum atomic E-state index is 10.4. The first-order valence-corrected chi connectivity index (χ1v) is 5.41. The molecule has 1 rings (SSSR count). The van der Waals surface area contributed by atoms with Crippen LogP contribution in [-0.2, 0) is 0 Å². The number of rotatable bonds is 2. The van der Waals surface area contributed by atoms with Gasteiger partial charge >= 0.3 is 0 Å². The molecule has 0 radical (unpaired) electrons. The van der Waals surface area contributed by atoms with Gasteiger partial charge in [0.1, 0.15) is 0 Å². The van der Waals surface area contributed by atoms with Crippen molar-refractivity contribution in [1.82, 2.24) is 0 Å². The van der Waals surface area contributed by atoms with E-state index < -0.39 is 11.1 Å². The smallest absolute Gasteiger partial charge is 0.0826 e. The Morgan fingerprint density at radius 1 is 1.23 bits per heavy atom. The second-order valence-electron chi connectivity index (χ2n) is 5.03. The highest BCUT2D eigenvalue weighted by atomic mass is 16.3. The minimum Gasteiger partial charge on any atom is -0.388 e. The minimum atomic E-state index is -0.626. The summed E-state index contributed by atoms with van der Waals surface area (Å²) in [5.41, 5.74) is 5.16. The Morgan fingerprint density at radius 3 is 2.08 bits per heavy atom. The summed E-state index contributed by atoms with van der Waals surface area (Å²) in [5, 5.41) is 10.4. The second-order valence-corrected chi connectivity index (χ2v) is 5.03. The van der Waals surface area contributed by atoms with Crippen molar-refractivity contribution >= 4 is 0 Å². The molecule has 0 aromatic heterocycles. The van der Waals surface area contributed by atoms with E-state index in [1.54, 1.807) is 0 Å². The van der Waals surface area contributed by atoms with Crippen molar-refractivity contribution in [2.75, 3.05) is 0 Å². The largest absolute Gasteiger partial charge is 0.388 e. The van der Waals surface area contributed by atoms with Crippen LogP contribution < -0.4 is 5.73 Å². The van der Waals surface area contributed by atoms with Gasteiger partial charge in [-0.3, -0.25) is 0 Å². The molecular formula is C11H23NO. The van der Waals surface area contributed by atoms with Crippen LogP contribution in [0.5, 0.6) is 0 Å². The first kappa shape index (κ1) is 11.0. The predicted octanol–water partition coefficient (Wildman–Crippen LogP) is 2.05. The summed E-state index contributed by atoms with van der Waals surface area (Å²) in [5.74, 6) is 0.329. The van der Waals surface area contributed by atoms with Gasteiger partial charge in [-0.25, -0.2) is 0 Å². The first-order valence-electron chi connectivity index (χ1n) is 5.41. The van der Waals surface area contributed by atoms with Crippen LogP contribution in [0.3, 0.4) is 0 Å². The minimum absolute atomic E-state index is 0.329. The van der Waals surface area contributed by atoms with Crippen molar-refractivity contribution in [3.8, 4) is 0 Å². The Hall–Kier alpha value is -0.0800. The Labute approximate surface area is 81.5 Å². The lowest BCUT2D eigenvalue weighted by Crippen LogP contribution is -2.62. The third-order valence-electron chi connectivity index (χ3n) is 3.88. The van der Waals surface area contributed by atoms with E-state index in [0.29, 0.717) is 5.92 Å². The third kappa shape index (κ3) is 1.89.